The van der Waals surface area contributed by atoms with Gasteiger partial charge >= 0.3 is 0 Å². The van der Waals surface area contributed by atoms with Crippen LogP contribution in [0.2, 0.25) is 0 Å². The molecule has 0 N–H and O–H groups in total. The minimum absolute atomic E-state index is 0.243. The zero-order valence-corrected chi connectivity index (χ0v) is 8.36. The van der Waals surface area contributed by atoms with Gasteiger partial charge in [0, 0.05) is 7.05 Å². The van der Waals surface area contributed by atoms with Crippen molar-refractivity contribution < 1.29 is 9.63 Å². The van der Waals surface area contributed by atoms with Crippen LogP contribution in [0, 0.1) is 0 Å². The average molecular weight is 191 g/mol. The summed E-state index contributed by atoms with van der Waals surface area (Å²) in [7, 11) is 2.94. The van der Waals surface area contributed by atoms with Crippen LogP contribution in [0.3, 0.4) is 0 Å². The van der Waals surface area contributed by atoms with Crippen LogP contribution in [-0.4, -0.2) is 25.1 Å². The summed E-state index contributed by atoms with van der Waals surface area (Å²) >= 11 is 0. The molecule has 74 valence electrons. The zero-order valence-electron chi connectivity index (χ0n) is 8.36. The van der Waals surface area contributed by atoms with Gasteiger partial charge in [-0.3, -0.25) is 9.63 Å². The van der Waals surface area contributed by atoms with Crippen LogP contribution in [0.5, 0.6) is 0 Å². The molecule has 2 aliphatic rings. The van der Waals surface area contributed by atoms with E-state index in [1.807, 2.05) is 0 Å². The van der Waals surface area contributed by atoms with Crippen molar-refractivity contribution in [3.8, 4) is 11.1 Å². The Morgan fingerprint density at radius 1 is 1.50 bits per heavy atom. The maximum Gasteiger partial charge on any atom is 0.269 e. The Kier molecular flexibility index (Phi) is 3.42. The van der Waals surface area contributed by atoms with E-state index in [2.05, 4.69) is 35.7 Å². The predicted molar refractivity (Wildman–Crippen MR) is 55.4 cm³/mol. The van der Waals surface area contributed by atoms with Crippen LogP contribution >= 0.6 is 0 Å². The Hall–Kier alpha value is -1.61. The molecule has 0 heterocycles. The molecule has 3 nitrogen and oxygen atoms in total. The first-order chi connectivity index (χ1) is 6.69. The van der Waals surface area contributed by atoms with E-state index in [9.17, 15) is 4.79 Å². The molecule has 0 aromatic rings. The molecule has 0 fully saturated rings. The molecular formula is C11H13NO2. The van der Waals surface area contributed by atoms with Gasteiger partial charge in [-0.1, -0.05) is 24.8 Å². The Balaban J connectivity index is 0.000000143. The number of likely N-dealkylation sites (N-methyl/N-ethyl adjacent to an activating group) is 1. The fraction of sp³-hybridized carbons (Fsp3) is 0.182. The number of carbonyl (C=O) groups is 1. The summed E-state index contributed by atoms with van der Waals surface area (Å²) in [5, 5.41) is 1.09. The van der Waals surface area contributed by atoms with Gasteiger partial charge in [0.1, 0.15) is 0 Å². The van der Waals surface area contributed by atoms with Crippen LogP contribution in [0.15, 0.2) is 36.9 Å². The lowest BCUT2D eigenvalue weighted by Gasteiger charge is -2.09. The number of fused-ring (bicyclic) bond motifs is 1. The highest BCUT2D eigenvalue weighted by Gasteiger charge is 2.06. The normalized spacial score (nSPS) is 9.57. The second-order valence-corrected chi connectivity index (χ2v) is 2.80. The molecule has 0 spiro atoms. The Bertz CT molecular complexity index is 330. The molecule has 2 aliphatic carbocycles. The third-order valence-corrected chi connectivity index (χ3v) is 1.87. The van der Waals surface area contributed by atoms with Crippen molar-refractivity contribution in [2.75, 3.05) is 14.2 Å². The molecule has 0 aliphatic heterocycles. The number of rotatable bonds is 2. The van der Waals surface area contributed by atoms with E-state index in [1.165, 1.54) is 31.4 Å². The van der Waals surface area contributed by atoms with Gasteiger partial charge in [0.25, 0.3) is 5.91 Å². The van der Waals surface area contributed by atoms with E-state index < -0.39 is 0 Å². The number of benzene rings is 1. The summed E-state index contributed by atoms with van der Waals surface area (Å²) < 4.78 is 0. The minimum Gasteiger partial charge on any atom is -0.274 e. The minimum atomic E-state index is -0.243. The Morgan fingerprint density at radius 2 is 2.07 bits per heavy atom. The van der Waals surface area contributed by atoms with Crippen molar-refractivity contribution in [2.45, 2.75) is 0 Å². The fourth-order valence-corrected chi connectivity index (χ4v) is 0.894. The van der Waals surface area contributed by atoms with Crippen LogP contribution in [-0.2, 0) is 9.63 Å². The summed E-state index contributed by atoms with van der Waals surface area (Å²) in [4.78, 5) is 14.9. The van der Waals surface area contributed by atoms with Gasteiger partial charge in [-0.25, -0.2) is 5.06 Å². The molecular weight excluding hydrogens is 178 g/mol. The van der Waals surface area contributed by atoms with E-state index in [1.54, 1.807) is 0 Å². The predicted octanol–water partition coefficient (Wildman–Crippen LogP) is 1.86. The molecule has 0 saturated carbocycles. The van der Waals surface area contributed by atoms with Gasteiger partial charge in [0.15, 0.2) is 0 Å². The first-order valence-corrected chi connectivity index (χ1v) is 4.23. The highest BCUT2D eigenvalue weighted by molar-refractivity contribution is 5.85. The van der Waals surface area contributed by atoms with Crippen LogP contribution in [0.25, 0.3) is 11.1 Å². The Morgan fingerprint density at radius 3 is 2.21 bits per heavy atom. The molecule has 0 saturated heterocycles. The second-order valence-electron chi connectivity index (χ2n) is 2.80. The molecule has 0 bridgehead atoms. The maximum atomic E-state index is 10.4. The fourth-order valence-electron chi connectivity index (χ4n) is 0.894. The number of hydroxylamine groups is 2. The summed E-state index contributed by atoms with van der Waals surface area (Å²) in [6.45, 7) is 3.26. The smallest absolute Gasteiger partial charge is 0.269 e. The molecule has 0 aromatic carbocycles. The largest absolute Gasteiger partial charge is 0.274 e. The molecule has 0 aromatic heterocycles. The van der Waals surface area contributed by atoms with E-state index in [-0.39, 0.29) is 5.91 Å². The topological polar surface area (TPSA) is 29.5 Å². The van der Waals surface area contributed by atoms with Gasteiger partial charge in [-0.05, 0) is 23.3 Å². The monoisotopic (exact) mass is 191 g/mol. The van der Waals surface area contributed by atoms with Crippen molar-refractivity contribution >= 4 is 5.91 Å². The van der Waals surface area contributed by atoms with Gasteiger partial charge in [-0.2, -0.15) is 0 Å². The second kappa shape index (κ2) is 4.58. The lowest BCUT2D eigenvalue weighted by Crippen LogP contribution is -2.22. The average Bonchev–Trinajstić information content (AvgIpc) is 2.84. The van der Waals surface area contributed by atoms with Gasteiger partial charge in [0.05, 0.1) is 7.11 Å². The van der Waals surface area contributed by atoms with Crippen molar-refractivity contribution in [2.24, 2.45) is 0 Å². The van der Waals surface area contributed by atoms with E-state index >= 15 is 0 Å². The first kappa shape index (κ1) is 10.5. The summed E-state index contributed by atoms with van der Waals surface area (Å²) in [5.74, 6) is -0.243. The molecule has 1 amide bonds. The highest BCUT2D eigenvalue weighted by Crippen LogP contribution is 2.32. The summed E-state index contributed by atoms with van der Waals surface area (Å²) in [6.07, 6.45) is 1.18. The number of nitrogens with zero attached hydrogens (tertiary/aromatic N) is 1. The quantitative estimate of drug-likeness (QED) is 0.535. The van der Waals surface area contributed by atoms with Gasteiger partial charge < -0.3 is 0 Å². The standard InChI is InChI=1S/C6H4.C5H9NO2/c1-2-5-4-6(5)3-1;1-4-5(7)6(2)8-3/h1-4H;4H,1H2,2-3H3. The lowest BCUT2D eigenvalue weighted by atomic mass is 10.6. The number of carbonyl (C=O) groups excluding carboxylic acids is 1. The molecule has 0 unspecified atom stereocenters. The van der Waals surface area contributed by atoms with Gasteiger partial charge in [0.2, 0.25) is 0 Å². The zero-order chi connectivity index (χ0) is 10.6. The molecule has 3 heteroatoms. The van der Waals surface area contributed by atoms with Crippen molar-refractivity contribution in [1.82, 2.24) is 5.06 Å². The maximum absolute atomic E-state index is 10.4. The third-order valence-electron chi connectivity index (χ3n) is 1.87. The molecule has 2 rings (SSSR count). The van der Waals surface area contributed by atoms with Gasteiger partial charge in [-0.15, -0.1) is 0 Å². The SMILES string of the molecule is C=CC(=O)N(C)OC.c1cc2cc-2c1. The summed E-state index contributed by atoms with van der Waals surface area (Å²) in [5.41, 5.74) is 2.85. The van der Waals surface area contributed by atoms with Crippen molar-refractivity contribution in [3.05, 3.63) is 36.9 Å². The summed E-state index contributed by atoms with van der Waals surface area (Å²) in [6, 6.07) is 8.48. The van der Waals surface area contributed by atoms with Crippen LogP contribution in [0.4, 0.5) is 0 Å². The van der Waals surface area contributed by atoms with E-state index in [4.69, 9.17) is 0 Å². The first-order valence-electron chi connectivity index (χ1n) is 4.23. The van der Waals surface area contributed by atoms with E-state index in [0.29, 0.717) is 0 Å². The van der Waals surface area contributed by atoms with Crippen molar-refractivity contribution in [1.29, 1.82) is 0 Å². The number of hydrogen-bond acceptors (Lipinski definition) is 2. The molecule has 0 radical (unpaired) electrons. The molecule has 14 heavy (non-hydrogen) atoms. The molecule has 0 atom stereocenters. The third kappa shape index (κ3) is 2.71. The number of amides is 1. The van der Waals surface area contributed by atoms with Crippen LogP contribution < -0.4 is 0 Å². The highest BCUT2D eigenvalue weighted by atomic mass is 16.7. The Labute approximate surface area is 83.6 Å². The lowest BCUT2D eigenvalue weighted by molar-refractivity contribution is -0.162. The van der Waals surface area contributed by atoms with Crippen LogP contribution in [0.1, 0.15) is 0 Å². The van der Waals surface area contributed by atoms with Crippen molar-refractivity contribution in [3.63, 3.8) is 0 Å². The van der Waals surface area contributed by atoms with E-state index in [0.717, 1.165) is 5.06 Å². The number of hydrogen-bond donors (Lipinski definition) is 0.